The summed E-state index contributed by atoms with van der Waals surface area (Å²) in [4.78, 5) is 39.1. The van der Waals surface area contributed by atoms with E-state index in [4.69, 9.17) is 4.74 Å². The molecule has 1 fully saturated rings. The molecule has 0 saturated carbocycles. The third-order valence-corrected chi connectivity index (χ3v) is 6.18. The van der Waals surface area contributed by atoms with E-state index in [0.717, 1.165) is 10.8 Å². The van der Waals surface area contributed by atoms with Crippen LogP contribution in [0.25, 0.3) is 0 Å². The molecule has 0 radical (unpaired) electrons. The van der Waals surface area contributed by atoms with Crippen molar-refractivity contribution in [3.05, 3.63) is 30.3 Å². The second-order valence-electron chi connectivity index (χ2n) is 6.05. The topological polar surface area (TPSA) is 105 Å². The molecule has 0 unspecified atom stereocenters. The number of nitrogens with one attached hydrogen (secondary N) is 1. The van der Waals surface area contributed by atoms with E-state index in [1.54, 1.807) is 6.92 Å². The molecule has 1 aromatic carbocycles. The quantitative estimate of drug-likeness (QED) is 0.413. The lowest BCUT2D eigenvalue weighted by molar-refractivity contribution is -0.160. The molecule has 9 nitrogen and oxygen atoms in total. The highest BCUT2D eigenvalue weighted by Crippen LogP contribution is 2.28. The number of esters is 1. The number of carbonyl (C=O) groups is 3. The first-order valence-corrected chi connectivity index (χ1v) is 10.9. The van der Waals surface area contributed by atoms with Gasteiger partial charge in [-0.05, 0) is 19.1 Å². The third-order valence-electron chi connectivity index (χ3n) is 4.07. The number of amides is 2. The van der Waals surface area contributed by atoms with E-state index in [1.807, 2.05) is 35.2 Å². The van der Waals surface area contributed by atoms with Crippen molar-refractivity contribution in [2.45, 2.75) is 11.3 Å². The Morgan fingerprint density at radius 2 is 1.86 bits per heavy atom. The van der Waals surface area contributed by atoms with E-state index in [1.165, 1.54) is 28.0 Å². The fraction of sp³-hybridized carbons (Fsp3) is 0.389. The van der Waals surface area contributed by atoms with Crippen LogP contribution in [-0.4, -0.2) is 71.4 Å². The molecule has 1 saturated heterocycles. The number of carbonyl (C=O) groups excluding carboxylic acids is 3. The van der Waals surface area contributed by atoms with Crippen molar-refractivity contribution < 1.29 is 19.1 Å². The Kier molecular flexibility index (Phi) is 7.42. The van der Waals surface area contributed by atoms with Gasteiger partial charge in [-0.2, -0.15) is 0 Å². The van der Waals surface area contributed by atoms with Gasteiger partial charge in [0.25, 0.3) is 0 Å². The summed E-state index contributed by atoms with van der Waals surface area (Å²) in [6.07, 6.45) is 0. The SMILES string of the molecule is CCOC(=O)C(=O)N1CCN(c2nnc(SCC(=O)Nc3ccccc3)s2)CC1. The van der Waals surface area contributed by atoms with E-state index in [2.05, 4.69) is 15.5 Å². The maximum Gasteiger partial charge on any atom is 0.397 e. The van der Waals surface area contributed by atoms with E-state index in [9.17, 15) is 14.4 Å². The number of hydrogen-bond acceptors (Lipinski definition) is 9. The molecule has 29 heavy (non-hydrogen) atoms. The first-order valence-electron chi connectivity index (χ1n) is 9.09. The summed E-state index contributed by atoms with van der Waals surface area (Å²) >= 11 is 2.73. The Bertz CT molecular complexity index is 853. The van der Waals surface area contributed by atoms with E-state index in [0.29, 0.717) is 30.5 Å². The second-order valence-corrected chi connectivity index (χ2v) is 8.23. The summed E-state index contributed by atoms with van der Waals surface area (Å²) in [6, 6.07) is 9.27. The van der Waals surface area contributed by atoms with Crippen molar-refractivity contribution in [3.8, 4) is 0 Å². The van der Waals surface area contributed by atoms with Crippen LogP contribution >= 0.6 is 23.1 Å². The van der Waals surface area contributed by atoms with E-state index >= 15 is 0 Å². The third kappa shape index (κ3) is 5.91. The maximum absolute atomic E-state index is 12.0. The molecule has 1 N–H and O–H groups in total. The van der Waals surface area contributed by atoms with Crippen LogP contribution in [0.15, 0.2) is 34.7 Å². The zero-order valence-electron chi connectivity index (χ0n) is 15.9. The van der Waals surface area contributed by atoms with Crippen molar-refractivity contribution in [1.82, 2.24) is 15.1 Å². The van der Waals surface area contributed by atoms with Gasteiger partial charge in [0, 0.05) is 31.9 Å². The minimum atomic E-state index is -0.815. The lowest BCUT2D eigenvalue weighted by atomic mass is 10.3. The lowest BCUT2D eigenvalue weighted by Gasteiger charge is -2.33. The standard InChI is InChI=1S/C18H21N5O4S2/c1-2-27-16(26)15(25)22-8-10-23(11-9-22)17-20-21-18(29-17)28-12-14(24)19-13-6-4-3-5-7-13/h3-7H,2,8-12H2,1H3,(H,19,24). The normalized spacial score (nSPS) is 13.8. The molecule has 2 aromatic rings. The number of aromatic nitrogens is 2. The molecule has 0 spiro atoms. The van der Waals surface area contributed by atoms with Crippen molar-refractivity contribution in [2.75, 3.05) is 48.8 Å². The monoisotopic (exact) mass is 435 g/mol. The van der Waals surface area contributed by atoms with Crippen molar-refractivity contribution in [3.63, 3.8) is 0 Å². The fourth-order valence-corrected chi connectivity index (χ4v) is 4.35. The molecule has 1 aromatic heterocycles. The first kappa shape index (κ1) is 21.1. The number of nitrogens with zero attached hydrogens (tertiary/aromatic N) is 4. The van der Waals surface area contributed by atoms with Crippen molar-refractivity contribution in [2.24, 2.45) is 0 Å². The van der Waals surface area contributed by atoms with Gasteiger partial charge in [0.15, 0.2) is 4.34 Å². The number of hydrogen-bond donors (Lipinski definition) is 1. The summed E-state index contributed by atoms with van der Waals surface area (Å²) in [5, 5.41) is 11.9. The van der Waals surface area contributed by atoms with Crippen LogP contribution in [0.4, 0.5) is 10.8 Å². The minimum Gasteiger partial charge on any atom is -0.459 e. The zero-order valence-corrected chi connectivity index (χ0v) is 17.5. The van der Waals surface area contributed by atoms with Gasteiger partial charge in [-0.1, -0.05) is 41.3 Å². The Labute approximate surface area is 176 Å². The fourth-order valence-electron chi connectivity index (χ4n) is 2.66. The number of piperazine rings is 1. The van der Waals surface area contributed by atoms with Gasteiger partial charge in [-0.15, -0.1) is 10.2 Å². The first-order chi connectivity index (χ1) is 14.1. The Morgan fingerprint density at radius 3 is 2.55 bits per heavy atom. The number of para-hydroxylation sites is 1. The van der Waals surface area contributed by atoms with Gasteiger partial charge in [-0.3, -0.25) is 9.59 Å². The summed E-state index contributed by atoms with van der Waals surface area (Å²) in [7, 11) is 0. The van der Waals surface area contributed by atoms with E-state index in [-0.39, 0.29) is 18.3 Å². The summed E-state index contributed by atoms with van der Waals surface area (Å²) < 4.78 is 5.46. The Morgan fingerprint density at radius 1 is 1.14 bits per heavy atom. The average Bonchev–Trinajstić information content (AvgIpc) is 3.22. The van der Waals surface area contributed by atoms with Crippen LogP contribution in [0, 0.1) is 0 Å². The highest BCUT2D eigenvalue weighted by Gasteiger charge is 2.28. The largest absolute Gasteiger partial charge is 0.459 e. The highest BCUT2D eigenvalue weighted by atomic mass is 32.2. The molecule has 154 valence electrons. The van der Waals surface area contributed by atoms with Gasteiger partial charge in [-0.25, -0.2) is 4.79 Å². The molecule has 0 aliphatic carbocycles. The summed E-state index contributed by atoms with van der Waals surface area (Å²) in [5.74, 6) is -1.29. The van der Waals surface area contributed by atoms with Gasteiger partial charge >= 0.3 is 11.9 Å². The molecular formula is C18H21N5O4S2. The highest BCUT2D eigenvalue weighted by molar-refractivity contribution is 8.01. The number of anilines is 2. The molecule has 3 rings (SSSR count). The number of thioether (sulfide) groups is 1. The molecule has 11 heteroatoms. The summed E-state index contributed by atoms with van der Waals surface area (Å²) in [6.45, 7) is 3.79. The second kappa shape index (κ2) is 10.2. The molecule has 0 bridgehead atoms. The van der Waals surface area contributed by atoms with E-state index < -0.39 is 11.9 Å². The van der Waals surface area contributed by atoms with Crippen LogP contribution in [0.5, 0.6) is 0 Å². The Balaban J connectivity index is 1.45. The lowest BCUT2D eigenvalue weighted by Crippen LogP contribution is -2.51. The molecule has 1 aliphatic rings. The number of ether oxygens (including phenoxy) is 1. The minimum absolute atomic E-state index is 0.107. The van der Waals surface area contributed by atoms with Crippen LogP contribution in [0.1, 0.15) is 6.92 Å². The van der Waals surface area contributed by atoms with Crippen molar-refractivity contribution in [1.29, 1.82) is 0 Å². The average molecular weight is 436 g/mol. The molecule has 0 atom stereocenters. The van der Waals surface area contributed by atoms with Crippen LogP contribution in [0.2, 0.25) is 0 Å². The number of benzene rings is 1. The molecular weight excluding hydrogens is 414 g/mol. The van der Waals surface area contributed by atoms with Crippen LogP contribution in [0.3, 0.4) is 0 Å². The smallest absolute Gasteiger partial charge is 0.397 e. The number of rotatable bonds is 6. The van der Waals surface area contributed by atoms with Crippen molar-refractivity contribution >= 4 is 51.7 Å². The maximum atomic E-state index is 12.0. The summed E-state index contributed by atoms with van der Waals surface area (Å²) in [5.41, 5.74) is 0.756. The van der Waals surface area contributed by atoms with Gasteiger partial charge < -0.3 is 19.9 Å². The van der Waals surface area contributed by atoms with Crippen LogP contribution < -0.4 is 10.2 Å². The molecule has 2 heterocycles. The predicted octanol–water partition coefficient (Wildman–Crippen LogP) is 1.48. The molecule has 2 amide bonds. The molecule has 1 aliphatic heterocycles. The zero-order chi connectivity index (χ0) is 20.6. The van der Waals surface area contributed by atoms with Gasteiger partial charge in [0.2, 0.25) is 11.0 Å². The van der Waals surface area contributed by atoms with Gasteiger partial charge in [0.1, 0.15) is 0 Å². The van der Waals surface area contributed by atoms with Crippen LogP contribution in [-0.2, 0) is 19.1 Å². The van der Waals surface area contributed by atoms with Gasteiger partial charge in [0.05, 0.1) is 12.4 Å². The predicted molar refractivity (Wildman–Crippen MR) is 111 cm³/mol. The Hall–Kier alpha value is -2.66.